The number of carbonyl (C=O) groups is 2. The Balaban J connectivity index is 2.01. The van der Waals surface area contributed by atoms with E-state index in [1.807, 2.05) is 30.3 Å². The van der Waals surface area contributed by atoms with E-state index in [-0.39, 0.29) is 11.3 Å². The van der Waals surface area contributed by atoms with Gasteiger partial charge in [0.2, 0.25) is 0 Å². The second-order valence-corrected chi connectivity index (χ2v) is 6.87. The van der Waals surface area contributed by atoms with Gasteiger partial charge in [-0.2, -0.15) is 0 Å². The molecule has 1 aliphatic rings. The number of ether oxygens (including phenoxy) is 2. The van der Waals surface area contributed by atoms with Crippen molar-refractivity contribution in [2.45, 2.75) is 12.5 Å². The number of Topliss-reactive ketones (excluding diaryl/α,β-unsaturated/α-hetero) is 1. The van der Waals surface area contributed by atoms with Gasteiger partial charge in [-0.3, -0.25) is 9.59 Å². The number of hydrogen-bond acceptors (Lipinski definition) is 5. The first-order chi connectivity index (χ1) is 14.6. The molecule has 1 saturated heterocycles. The Morgan fingerprint density at radius 3 is 2.47 bits per heavy atom. The minimum absolute atomic E-state index is 0.0865. The van der Waals surface area contributed by atoms with Gasteiger partial charge in [0.15, 0.2) is 0 Å². The van der Waals surface area contributed by atoms with Gasteiger partial charge < -0.3 is 19.5 Å². The van der Waals surface area contributed by atoms with Crippen molar-refractivity contribution in [2.24, 2.45) is 0 Å². The van der Waals surface area contributed by atoms with E-state index < -0.39 is 17.7 Å². The van der Waals surface area contributed by atoms with E-state index >= 15 is 0 Å². The van der Waals surface area contributed by atoms with Crippen molar-refractivity contribution in [2.75, 3.05) is 26.9 Å². The summed E-state index contributed by atoms with van der Waals surface area (Å²) in [4.78, 5) is 27.1. The Hall–Kier alpha value is -3.38. The molecule has 30 heavy (non-hydrogen) atoms. The molecule has 3 rings (SSSR count). The van der Waals surface area contributed by atoms with E-state index in [0.717, 1.165) is 5.56 Å². The predicted octanol–water partition coefficient (Wildman–Crippen LogP) is 3.71. The van der Waals surface area contributed by atoms with Crippen molar-refractivity contribution in [3.05, 3.63) is 84.0 Å². The number of methoxy groups -OCH3 is 1. The Kier molecular flexibility index (Phi) is 7.03. The summed E-state index contributed by atoms with van der Waals surface area (Å²) in [6.45, 7) is 4.79. The number of hydrogen-bond donors (Lipinski definition) is 1. The third kappa shape index (κ3) is 4.44. The minimum atomic E-state index is -0.689. The number of carbonyl (C=O) groups excluding carboxylic acids is 2. The van der Waals surface area contributed by atoms with Crippen LogP contribution < -0.4 is 4.74 Å². The quantitative estimate of drug-likeness (QED) is 0.225. The maximum atomic E-state index is 12.9. The summed E-state index contributed by atoms with van der Waals surface area (Å²) < 4.78 is 10.5. The fourth-order valence-electron chi connectivity index (χ4n) is 3.49. The zero-order chi connectivity index (χ0) is 21.5. The first kappa shape index (κ1) is 21.3. The number of rotatable bonds is 9. The van der Waals surface area contributed by atoms with Gasteiger partial charge in [0, 0.05) is 25.8 Å². The van der Waals surface area contributed by atoms with Crippen LogP contribution in [0.3, 0.4) is 0 Å². The van der Waals surface area contributed by atoms with Crippen LogP contribution in [0.5, 0.6) is 5.75 Å². The van der Waals surface area contributed by atoms with E-state index in [1.165, 1.54) is 4.90 Å². The van der Waals surface area contributed by atoms with Crippen molar-refractivity contribution in [1.82, 2.24) is 4.90 Å². The number of likely N-dealkylation sites (tertiary alicyclic amines) is 1. The molecule has 0 radical (unpaired) electrons. The van der Waals surface area contributed by atoms with Crippen LogP contribution in [-0.4, -0.2) is 48.6 Å². The van der Waals surface area contributed by atoms with Gasteiger partial charge in [-0.05, 0) is 36.2 Å². The molecule has 6 heteroatoms. The highest BCUT2D eigenvalue weighted by molar-refractivity contribution is 6.46. The summed E-state index contributed by atoms with van der Waals surface area (Å²) in [7, 11) is 1.59. The first-order valence-electron chi connectivity index (χ1n) is 9.75. The highest BCUT2D eigenvalue weighted by Gasteiger charge is 2.45. The third-order valence-corrected chi connectivity index (χ3v) is 4.90. The molecule has 1 fully saturated rings. The molecular formula is C24H25NO5. The molecular weight excluding hydrogens is 382 g/mol. The molecule has 1 atom stereocenters. The molecule has 1 amide bonds. The topological polar surface area (TPSA) is 76.1 Å². The van der Waals surface area contributed by atoms with Crippen LogP contribution in [0, 0.1) is 0 Å². The predicted molar refractivity (Wildman–Crippen MR) is 114 cm³/mol. The molecule has 2 aromatic rings. The summed E-state index contributed by atoms with van der Waals surface area (Å²) in [5.74, 6) is -0.893. The molecule has 1 N–H and O–H groups in total. The van der Waals surface area contributed by atoms with Crippen molar-refractivity contribution < 1.29 is 24.2 Å². The lowest BCUT2D eigenvalue weighted by Gasteiger charge is -2.25. The highest BCUT2D eigenvalue weighted by Crippen LogP contribution is 2.39. The normalized spacial score (nSPS) is 17.9. The van der Waals surface area contributed by atoms with Crippen molar-refractivity contribution >= 4 is 17.4 Å². The third-order valence-electron chi connectivity index (χ3n) is 4.90. The molecule has 0 aliphatic carbocycles. The lowest BCUT2D eigenvalue weighted by atomic mass is 9.95. The number of aliphatic hydroxyl groups is 1. The second kappa shape index (κ2) is 9.89. The first-order valence-corrected chi connectivity index (χ1v) is 9.75. The Morgan fingerprint density at radius 2 is 1.83 bits per heavy atom. The second-order valence-electron chi connectivity index (χ2n) is 6.87. The largest absolute Gasteiger partial charge is 0.507 e. The maximum absolute atomic E-state index is 12.9. The summed E-state index contributed by atoms with van der Waals surface area (Å²) in [6, 6.07) is 15.3. The van der Waals surface area contributed by atoms with Crippen molar-refractivity contribution in [1.29, 1.82) is 0 Å². The van der Waals surface area contributed by atoms with Crippen LogP contribution in [-0.2, 0) is 14.3 Å². The molecule has 1 aliphatic heterocycles. The number of aliphatic hydroxyl groups excluding tert-OH is 1. The lowest BCUT2D eigenvalue weighted by molar-refractivity contribution is -0.140. The van der Waals surface area contributed by atoms with Gasteiger partial charge in [-0.1, -0.05) is 43.0 Å². The van der Waals surface area contributed by atoms with Gasteiger partial charge in [-0.15, -0.1) is 0 Å². The Labute approximate surface area is 176 Å². The lowest BCUT2D eigenvalue weighted by Crippen LogP contribution is -2.31. The Morgan fingerprint density at radius 1 is 1.13 bits per heavy atom. The van der Waals surface area contributed by atoms with Gasteiger partial charge >= 0.3 is 0 Å². The SMILES string of the molecule is C=CCOc1ccc(/C(O)=C2\C(=O)C(=O)N(CCCOC)C2c2ccccc2)cc1. The van der Waals surface area contributed by atoms with Crippen LogP contribution in [0.15, 0.2) is 72.8 Å². The molecule has 1 unspecified atom stereocenters. The fraction of sp³-hybridized carbons (Fsp3) is 0.250. The average molecular weight is 407 g/mol. The number of benzene rings is 2. The van der Waals surface area contributed by atoms with E-state index in [9.17, 15) is 14.7 Å². The van der Waals surface area contributed by atoms with Crippen LogP contribution in [0.25, 0.3) is 5.76 Å². The van der Waals surface area contributed by atoms with Gasteiger partial charge in [0.25, 0.3) is 11.7 Å². The van der Waals surface area contributed by atoms with E-state index in [2.05, 4.69) is 6.58 Å². The smallest absolute Gasteiger partial charge is 0.295 e. The highest BCUT2D eigenvalue weighted by atomic mass is 16.5. The van der Waals surface area contributed by atoms with Crippen molar-refractivity contribution in [3.8, 4) is 5.75 Å². The van der Waals surface area contributed by atoms with Crippen molar-refractivity contribution in [3.63, 3.8) is 0 Å². The zero-order valence-corrected chi connectivity index (χ0v) is 16.9. The van der Waals surface area contributed by atoms with Crippen LogP contribution >= 0.6 is 0 Å². The molecule has 6 nitrogen and oxygen atoms in total. The average Bonchev–Trinajstić information content (AvgIpc) is 3.03. The van der Waals surface area contributed by atoms with Crippen LogP contribution in [0.4, 0.5) is 0 Å². The molecule has 0 bridgehead atoms. The van der Waals surface area contributed by atoms with Gasteiger partial charge in [-0.25, -0.2) is 0 Å². The van der Waals surface area contributed by atoms with E-state index in [1.54, 1.807) is 37.5 Å². The number of nitrogens with zero attached hydrogens (tertiary/aromatic N) is 1. The molecule has 0 spiro atoms. The maximum Gasteiger partial charge on any atom is 0.295 e. The zero-order valence-electron chi connectivity index (χ0n) is 16.9. The molecule has 0 aromatic heterocycles. The van der Waals surface area contributed by atoms with Gasteiger partial charge in [0.05, 0.1) is 11.6 Å². The standard InChI is InChI=1S/C24H25NO5/c1-3-15-30-19-12-10-18(11-13-19)22(26)20-21(17-8-5-4-6-9-17)25(14-7-16-29-2)24(28)23(20)27/h3-6,8-13,21,26H,1,7,14-16H2,2H3/b22-20+. The minimum Gasteiger partial charge on any atom is -0.507 e. The van der Waals surface area contributed by atoms with Gasteiger partial charge in [0.1, 0.15) is 18.1 Å². The van der Waals surface area contributed by atoms with E-state index in [4.69, 9.17) is 9.47 Å². The Bertz CT molecular complexity index is 934. The van der Waals surface area contributed by atoms with E-state index in [0.29, 0.717) is 37.5 Å². The van der Waals surface area contributed by atoms with Crippen LogP contribution in [0.2, 0.25) is 0 Å². The molecule has 2 aromatic carbocycles. The summed E-state index contributed by atoms with van der Waals surface area (Å²) >= 11 is 0. The number of ketones is 1. The molecule has 0 saturated carbocycles. The summed E-state index contributed by atoms with van der Waals surface area (Å²) in [5, 5.41) is 11.0. The number of amides is 1. The summed E-state index contributed by atoms with van der Waals surface area (Å²) in [5.41, 5.74) is 1.29. The fourth-order valence-corrected chi connectivity index (χ4v) is 3.49. The van der Waals surface area contributed by atoms with Crippen LogP contribution in [0.1, 0.15) is 23.6 Å². The molecule has 1 heterocycles. The summed E-state index contributed by atoms with van der Waals surface area (Å²) in [6.07, 6.45) is 2.22. The monoisotopic (exact) mass is 407 g/mol. The molecule has 156 valence electrons.